The second kappa shape index (κ2) is 5.38. The van der Waals surface area contributed by atoms with Gasteiger partial charge in [-0.3, -0.25) is 10.1 Å². The van der Waals surface area contributed by atoms with Crippen LogP contribution in [0.25, 0.3) is 0 Å². The Kier molecular flexibility index (Phi) is 3.89. The van der Waals surface area contributed by atoms with Crippen LogP contribution in [-0.4, -0.2) is 16.2 Å². The van der Waals surface area contributed by atoms with Crippen LogP contribution in [0.1, 0.15) is 11.1 Å². The van der Waals surface area contributed by atoms with Crippen molar-refractivity contribution in [3.05, 3.63) is 75.6 Å². The topological polar surface area (TPSA) is 63.4 Å². The van der Waals surface area contributed by atoms with Gasteiger partial charge in [-0.25, -0.2) is 4.39 Å². The van der Waals surface area contributed by atoms with Crippen LogP contribution in [-0.2, 0) is 5.60 Å². The highest BCUT2D eigenvalue weighted by Gasteiger charge is 2.58. The molecule has 0 aliphatic rings. The van der Waals surface area contributed by atoms with Crippen molar-refractivity contribution in [3.8, 4) is 0 Å². The van der Waals surface area contributed by atoms with Gasteiger partial charge in [-0.05, 0) is 23.8 Å². The van der Waals surface area contributed by atoms with E-state index in [-0.39, 0.29) is 0 Å². The summed E-state index contributed by atoms with van der Waals surface area (Å²) in [7, 11) is 0. The number of hydrogen-bond donors (Lipinski definition) is 1. The molecule has 2 rings (SSSR count). The average Bonchev–Trinajstić information content (AvgIpc) is 2.46. The molecule has 0 amide bonds. The molecule has 8 heteroatoms. The summed E-state index contributed by atoms with van der Waals surface area (Å²) < 4.78 is 53.3. The Hall–Kier alpha value is -2.48. The summed E-state index contributed by atoms with van der Waals surface area (Å²) in [6.07, 6.45) is -5.24. The molecule has 0 aliphatic heterocycles. The van der Waals surface area contributed by atoms with Gasteiger partial charge < -0.3 is 5.11 Å². The van der Waals surface area contributed by atoms with Crippen molar-refractivity contribution in [2.24, 2.45) is 0 Å². The second-order valence-corrected chi connectivity index (χ2v) is 4.49. The summed E-state index contributed by atoms with van der Waals surface area (Å²) >= 11 is 0. The fraction of sp³-hybridized carbons (Fsp3) is 0.143. The number of rotatable bonds is 3. The van der Waals surface area contributed by atoms with Crippen LogP contribution in [0, 0.1) is 15.9 Å². The monoisotopic (exact) mass is 315 g/mol. The number of nitro benzene ring substituents is 1. The number of para-hydroxylation sites is 1. The molecule has 0 aliphatic carbocycles. The van der Waals surface area contributed by atoms with E-state index in [9.17, 15) is 32.8 Å². The highest BCUT2D eigenvalue weighted by atomic mass is 19.4. The summed E-state index contributed by atoms with van der Waals surface area (Å²) in [5, 5.41) is 21.2. The minimum Gasteiger partial charge on any atom is -0.372 e. The molecule has 22 heavy (non-hydrogen) atoms. The summed E-state index contributed by atoms with van der Waals surface area (Å²) in [6, 6.07) is 6.94. The maximum atomic E-state index is 13.5. The van der Waals surface area contributed by atoms with Crippen molar-refractivity contribution in [2.45, 2.75) is 11.8 Å². The van der Waals surface area contributed by atoms with Crippen LogP contribution in [0.2, 0.25) is 0 Å². The van der Waals surface area contributed by atoms with Gasteiger partial charge >= 0.3 is 6.18 Å². The summed E-state index contributed by atoms with van der Waals surface area (Å²) in [4.78, 5) is 9.93. The fourth-order valence-corrected chi connectivity index (χ4v) is 2.10. The highest BCUT2D eigenvalue weighted by Crippen LogP contribution is 2.46. The first-order chi connectivity index (χ1) is 10.2. The minimum atomic E-state index is -5.24. The first kappa shape index (κ1) is 15.9. The molecule has 1 N–H and O–H groups in total. The lowest BCUT2D eigenvalue weighted by molar-refractivity contribution is -0.388. The summed E-state index contributed by atoms with van der Waals surface area (Å²) in [5.41, 5.74) is -6.15. The number of hydrogen-bond acceptors (Lipinski definition) is 3. The Bertz CT molecular complexity index is 700. The molecule has 0 heterocycles. The van der Waals surface area contributed by atoms with Gasteiger partial charge in [0.1, 0.15) is 5.82 Å². The standard InChI is InChI=1S/C14H9F4NO3/c15-10-7-5-9(6-8-10)13(20,14(16,17)18)11-3-1-2-4-12(11)19(21)22/h1-8,20H. The van der Waals surface area contributed by atoms with E-state index in [4.69, 9.17) is 0 Å². The fourth-order valence-electron chi connectivity index (χ4n) is 2.10. The molecule has 1 atom stereocenters. The normalized spacial score (nSPS) is 14.4. The third-order valence-electron chi connectivity index (χ3n) is 3.16. The van der Waals surface area contributed by atoms with Crippen molar-refractivity contribution in [2.75, 3.05) is 0 Å². The molecule has 116 valence electrons. The van der Waals surface area contributed by atoms with Crippen molar-refractivity contribution in [1.29, 1.82) is 0 Å². The SMILES string of the molecule is O=[N+]([O-])c1ccccc1C(O)(c1ccc(F)cc1)C(F)(F)F. The van der Waals surface area contributed by atoms with Gasteiger partial charge in [0.25, 0.3) is 5.69 Å². The molecule has 0 fully saturated rings. The lowest BCUT2D eigenvalue weighted by Crippen LogP contribution is -2.43. The largest absolute Gasteiger partial charge is 0.426 e. The Balaban J connectivity index is 2.77. The van der Waals surface area contributed by atoms with E-state index >= 15 is 0 Å². The predicted molar refractivity (Wildman–Crippen MR) is 68.6 cm³/mol. The number of nitrogens with zero attached hydrogens (tertiary/aromatic N) is 1. The molecule has 0 bridgehead atoms. The van der Waals surface area contributed by atoms with Gasteiger partial charge in [0.15, 0.2) is 0 Å². The number of nitro groups is 1. The Morgan fingerprint density at radius 2 is 1.55 bits per heavy atom. The Morgan fingerprint density at radius 1 is 1.00 bits per heavy atom. The molecule has 0 saturated carbocycles. The smallest absolute Gasteiger partial charge is 0.372 e. The quantitative estimate of drug-likeness (QED) is 0.535. The van der Waals surface area contributed by atoms with Gasteiger partial charge in [0.2, 0.25) is 5.60 Å². The highest BCUT2D eigenvalue weighted by molar-refractivity contribution is 5.50. The second-order valence-electron chi connectivity index (χ2n) is 4.49. The molecular weight excluding hydrogens is 306 g/mol. The third-order valence-corrected chi connectivity index (χ3v) is 3.16. The summed E-state index contributed by atoms with van der Waals surface area (Å²) in [5.74, 6) is -0.796. The number of halogens is 4. The molecule has 0 saturated heterocycles. The molecule has 4 nitrogen and oxygen atoms in total. The predicted octanol–water partition coefficient (Wildman–Crippen LogP) is 3.53. The van der Waals surface area contributed by atoms with Crippen LogP contribution in [0.15, 0.2) is 48.5 Å². The molecule has 0 spiro atoms. The number of alkyl halides is 3. The van der Waals surface area contributed by atoms with Crippen LogP contribution in [0.3, 0.4) is 0 Å². The number of aliphatic hydroxyl groups is 1. The van der Waals surface area contributed by atoms with Gasteiger partial charge in [0.05, 0.1) is 10.5 Å². The van der Waals surface area contributed by atoms with Crippen molar-refractivity contribution in [1.82, 2.24) is 0 Å². The maximum absolute atomic E-state index is 13.5. The molecule has 0 radical (unpaired) electrons. The van der Waals surface area contributed by atoms with E-state index in [1.165, 1.54) is 6.07 Å². The van der Waals surface area contributed by atoms with Crippen LogP contribution in [0.4, 0.5) is 23.2 Å². The molecule has 0 aromatic heterocycles. The lowest BCUT2D eigenvalue weighted by atomic mass is 9.84. The van der Waals surface area contributed by atoms with Crippen molar-refractivity contribution in [3.63, 3.8) is 0 Å². The zero-order valence-corrected chi connectivity index (χ0v) is 10.8. The Labute approximate surface area is 121 Å². The van der Waals surface area contributed by atoms with E-state index in [0.717, 1.165) is 42.5 Å². The van der Waals surface area contributed by atoms with E-state index in [0.29, 0.717) is 0 Å². The van der Waals surface area contributed by atoms with E-state index in [1.54, 1.807) is 0 Å². The van der Waals surface area contributed by atoms with Gasteiger partial charge in [-0.15, -0.1) is 0 Å². The minimum absolute atomic E-state index is 0.712. The first-order valence-electron chi connectivity index (χ1n) is 5.97. The molecule has 2 aromatic carbocycles. The van der Waals surface area contributed by atoms with Crippen LogP contribution < -0.4 is 0 Å². The van der Waals surface area contributed by atoms with Gasteiger partial charge in [-0.2, -0.15) is 13.2 Å². The lowest BCUT2D eigenvalue weighted by Gasteiger charge is -2.31. The maximum Gasteiger partial charge on any atom is 0.426 e. The molecule has 2 aromatic rings. The average molecular weight is 315 g/mol. The van der Waals surface area contributed by atoms with E-state index in [1.807, 2.05) is 0 Å². The van der Waals surface area contributed by atoms with Crippen molar-refractivity contribution < 1.29 is 27.6 Å². The van der Waals surface area contributed by atoms with E-state index < -0.39 is 39.3 Å². The first-order valence-corrected chi connectivity index (χ1v) is 5.97. The van der Waals surface area contributed by atoms with Crippen LogP contribution in [0.5, 0.6) is 0 Å². The van der Waals surface area contributed by atoms with Gasteiger partial charge in [-0.1, -0.05) is 24.3 Å². The summed E-state index contributed by atoms with van der Waals surface area (Å²) in [6.45, 7) is 0. The van der Waals surface area contributed by atoms with Crippen molar-refractivity contribution >= 4 is 5.69 Å². The molecule has 1 unspecified atom stereocenters. The third kappa shape index (κ3) is 2.52. The van der Waals surface area contributed by atoms with Crippen LogP contribution >= 0.6 is 0 Å². The van der Waals surface area contributed by atoms with E-state index in [2.05, 4.69) is 0 Å². The Morgan fingerprint density at radius 3 is 2.05 bits per heavy atom. The number of benzene rings is 2. The van der Waals surface area contributed by atoms with Gasteiger partial charge in [0, 0.05) is 6.07 Å². The zero-order chi connectivity index (χ0) is 16.5. The molecular formula is C14H9F4NO3. The zero-order valence-electron chi connectivity index (χ0n) is 10.8.